The van der Waals surface area contributed by atoms with Crippen LogP contribution in [0.2, 0.25) is 0 Å². The molecule has 0 unspecified atom stereocenters. The second kappa shape index (κ2) is 8.75. The molecule has 2 N–H and O–H groups in total. The number of nitrogens with one attached hydrogen (secondary N) is 2. The number of hydrogen-bond donors (Lipinski definition) is 2. The Morgan fingerprint density at radius 3 is 2.21 bits per heavy atom. The Kier molecular flexibility index (Phi) is 6.69. The second-order valence-electron chi connectivity index (χ2n) is 4.81. The third-order valence-electron chi connectivity index (χ3n) is 3.33. The van der Waals surface area contributed by atoms with Gasteiger partial charge in [0.05, 0.1) is 21.3 Å². The summed E-state index contributed by atoms with van der Waals surface area (Å²) in [5.41, 5.74) is 1.82. The summed E-state index contributed by atoms with van der Waals surface area (Å²) in [6.07, 6.45) is 0. The molecule has 0 aromatic heterocycles. The summed E-state index contributed by atoms with van der Waals surface area (Å²) in [5.74, 6) is 1.80. The fraction of sp³-hybridized carbons (Fsp3) is 0.235. The zero-order valence-electron chi connectivity index (χ0n) is 13.7. The number of halogens is 1. The molecule has 0 heterocycles. The first kappa shape index (κ1) is 18.4. The van der Waals surface area contributed by atoms with Crippen LogP contribution in [0.3, 0.4) is 0 Å². The lowest BCUT2D eigenvalue weighted by Crippen LogP contribution is -2.28. The van der Waals surface area contributed by atoms with Gasteiger partial charge in [-0.1, -0.05) is 15.9 Å². The Morgan fingerprint density at radius 1 is 0.958 bits per heavy atom. The molecule has 0 saturated carbocycles. The van der Waals surface area contributed by atoms with Crippen LogP contribution in [-0.4, -0.2) is 26.4 Å². The summed E-state index contributed by atoms with van der Waals surface area (Å²) in [6, 6.07) is 11.5. The first-order chi connectivity index (χ1) is 11.6. The first-order valence-corrected chi connectivity index (χ1v) is 8.37. The molecule has 0 radical (unpaired) electrons. The van der Waals surface area contributed by atoms with Gasteiger partial charge in [-0.05, 0) is 48.6 Å². The van der Waals surface area contributed by atoms with E-state index in [1.165, 1.54) is 0 Å². The average Bonchev–Trinajstić information content (AvgIpc) is 2.60. The second-order valence-corrected chi connectivity index (χ2v) is 6.13. The molecule has 2 aromatic carbocycles. The summed E-state index contributed by atoms with van der Waals surface area (Å²) in [7, 11) is 4.77. The number of anilines is 1. The summed E-state index contributed by atoms with van der Waals surface area (Å²) in [5, 5.41) is 6.81. The van der Waals surface area contributed by atoms with E-state index in [2.05, 4.69) is 26.6 Å². The van der Waals surface area contributed by atoms with Crippen LogP contribution in [0.4, 0.5) is 5.69 Å². The van der Waals surface area contributed by atoms with Crippen LogP contribution in [0, 0.1) is 0 Å². The van der Waals surface area contributed by atoms with Crippen LogP contribution in [-0.2, 0) is 6.54 Å². The normalized spacial score (nSPS) is 10.0. The fourth-order valence-corrected chi connectivity index (χ4v) is 2.64. The number of rotatable bonds is 6. The highest BCUT2D eigenvalue weighted by Crippen LogP contribution is 2.39. The molecule has 0 spiro atoms. The highest BCUT2D eigenvalue weighted by Gasteiger charge is 2.15. The summed E-state index contributed by atoms with van der Waals surface area (Å²) < 4.78 is 17.1. The highest BCUT2D eigenvalue weighted by atomic mass is 79.9. The smallest absolute Gasteiger partial charge is 0.203 e. The van der Waals surface area contributed by atoms with Gasteiger partial charge < -0.3 is 24.8 Å². The molecule has 0 aliphatic rings. The maximum atomic E-state index is 5.46. The van der Waals surface area contributed by atoms with Gasteiger partial charge in [0.25, 0.3) is 0 Å². The Hall–Kier alpha value is -1.99. The van der Waals surface area contributed by atoms with Crippen molar-refractivity contribution in [3.05, 3.63) is 46.4 Å². The van der Waals surface area contributed by atoms with Crippen molar-refractivity contribution in [2.24, 2.45) is 0 Å². The molecule has 0 bridgehead atoms. The van der Waals surface area contributed by atoms with Crippen molar-refractivity contribution in [3.8, 4) is 17.2 Å². The van der Waals surface area contributed by atoms with Crippen LogP contribution in [0.1, 0.15) is 5.56 Å². The van der Waals surface area contributed by atoms with Gasteiger partial charge in [0.15, 0.2) is 16.6 Å². The third kappa shape index (κ3) is 4.52. The molecule has 0 fully saturated rings. The number of thiocarbonyl (C=S) groups is 1. The van der Waals surface area contributed by atoms with Crippen LogP contribution in [0.15, 0.2) is 40.9 Å². The molecule has 0 saturated heterocycles. The van der Waals surface area contributed by atoms with E-state index in [4.69, 9.17) is 26.4 Å². The van der Waals surface area contributed by atoms with E-state index in [0.29, 0.717) is 28.9 Å². The molecule has 7 heteroatoms. The van der Waals surface area contributed by atoms with E-state index in [9.17, 15) is 0 Å². The zero-order valence-corrected chi connectivity index (χ0v) is 16.1. The minimum atomic E-state index is 0.492. The number of ether oxygens (including phenoxy) is 3. The van der Waals surface area contributed by atoms with Gasteiger partial charge >= 0.3 is 0 Å². The van der Waals surface area contributed by atoms with Gasteiger partial charge in [-0.3, -0.25) is 0 Å². The van der Waals surface area contributed by atoms with Crippen LogP contribution in [0.25, 0.3) is 0 Å². The predicted octanol–water partition coefficient (Wildman–Crippen LogP) is 3.96. The quantitative estimate of drug-likeness (QED) is 0.702. The molecule has 0 atom stereocenters. The van der Waals surface area contributed by atoms with Gasteiger partial charge in [-0.25, -0.2) is 0 Å². The molecule has 5 nitrogen and oxygen atoms in total. The molecule has 0 aliphatic carbocycles. The van der Waals surface area contributed by atoms with E-state index in [1.807, 2.05) is 36.4 Å². The molecule has 2 aromatic rings. The summed E-state index contributed by atoms with van der Waals surface area (Å²) in [4.78, 5) is 0. The molecule has 2 rings (SSSR count). The van der Waals surface area contributed by atoms with Gasteiger partial charge in [-0.2, -0.15) is 0 Å². The Bertz CT molecular complexity index is 708. The van der Waals surface area contributed by atoms with Gasteiger partial charge in [0.2, 0.25) is 5.75 Å². The molecule has 128 valence electrons. The van der Waals surface area contributed by atoms with E-state index in [1.54, 1.807) is 21.3 Å². The first-order valence-electron chi connectivity index (χ1n) is 7.17. The minimum Gasteiger partial charge on any atom is -0.493 e. The Morgan fingerprint density at radius 2 is 1.62 bits per heavy atom. The molecule has 24 heavy (non-hydrogen) atoms. The van der Waals surface area contributed by atoms with Crippen molar-refractivity contribution in [2.45, 2.75) is 6.54 Å². The van der Waals surface area contributed by atoms with Crippen molar-refractivity contribution in [1.29, 1.82) is 0 Å². The minimum absolute atomic E-state index is 0.492. The largest absolute Gasteiger partial charge is 0.493 e. The van der Waals surface area contributed by atoms with Gasteiger partial charge in [0, 0.05) is 22.3 Å². The standard InChI is InChI=1S/C17H19BrN2O3S/c1-21-14-9-4-11(15(22-2)16(14)23-3)10-19-17(24)20-13-7-5-12(18)6-8-13/h4-9H,10H2,1-3H3,(H2,19,20,24). The summed E-state index contributed by atoms with van der Waals surface area (Å²) in [6.45, 7) is 0.492. The molecule has 0 amide bonds. The maximum absolute atomic E-state index is 5.46. The van der Waals surface area contributed by atoms with Crippen LogP contribution >= 0.6 is 28.1 Å². The van der Waals surface area contributed by atoms with Crippen molar-refractivity contribution in [2.75, 3.05) is 26.6 Å². The topological polar surface area (TPSA) is 51.8 Å². The highest BCUT2D eigenvalue weighted by molar-refractivity contribution is 9.10. The summed E-state index contributed by atoms with van der Waals surface area (Å²) >= 11 is 8.73. The monoisotopic (exact) mass is 410 g/mol. The van der Waals surface area contributed by atoms with E-state index < -0.39 is 0 Å². The van der Waals surface area contributed by atoms with Crippen molar-refractivity contribution >= 4 is 38.9 Å². The molecular weight excluding hydrogens is 392 g/mol. The number of benzene rings is 2. The van der Waals surface area contributed by atoms with E-state index >= 15 is 0 Å². The predicted molar refractivity (Wildman–Crippen MR) is 103 cm³/mol. The maximum Gasteiger partial charge on any atom is 0.203 e. The fourth-order valence-electron chi connectivity index (χ4n) is 2.19. The third-order valence-corrected chi connectivity index (χ3v) is 4.10. The number of hydrogen-bond acceptors (Lipinski definition) is 4. The lowest BCUT2D eigenvalue weighted by atomic mass is 10.1. The van der Waals surface area contributed by atoms with Crippen molar-refractivity contribution in [3.63, 3.8) is 0 Å². The van der Waals surface area contributed by atoms with Crippen molar-refractivity contribution < 1.29 is 14.2 Å². The van der Waals surface area contributed by atoms with E-state index in [-0.39, 0.29) is 0 Å². The Labute approximate surface area is 155 Å². The molecular formula is C17H19BrN2O3S. The average molecular weight is 411 g/mol. The van der Waals surface area contributed by atoms with Gasteiger partial charge in [-0.15, -0.1) is 0 Å². The zero-order chi connectivity index (χ0) is 17.5. The van der Waals surface area contributed by atoms with E-state index in [0.717, 1.165) is 15.7 Å². The van der Waals surface area contributed by atoms with Crippen LogP contribution < -0.4 is 24.8 Å². The Balaban J connectivity index is 2.05. The van der Waals surface area contributed by atoms with Crippen LogP contribution in [0.5, 0.6) is 17.2 Å². The lowest BCUT2D eigenvalue weighted by molar-refractivity contribution is 0.322. The molecule has 0 aliphatic heterocycles. The SMILES string of the molecule is COc1ccc(CNC(=S)Nc2ccc(Br)cc2)c(OC)c1OC. The number of methoxy groups -OCH3 is 3. The van der Waals surface area contributed by atoms with Crippen molar-refractivity contribution in [1.82, 2.24) is 5.32 Å². The van der Waals surface area contributed by atoms with Gasteiger partial charge in [0.1, 0.15) is 0 Å². The lowest BCUT2D eigenvalue weighted by Gasteiger charge is -2.17.